The Balaban J connectivity index is 1.78. The fourth-order valence-electron chi connectivity index (χ4n) is 2.27. The normalized spacial score (nSPS) is 17.1. The van der Waals surface area contributed by atoms with Gasteiger partial charge in [-0.05, 0) is 6.42 Å². The monoisotopic (exact) mass is 295 g/mol. The van der Waals surface area contributed by atoms with Crippen molar-refractivity contribution in [3.63, 3.8) is 0 Å². The molecule has 1 aliphatic heterocycles. The van der Waals surface area contributed by atoms with Crippen LogP contribution in [0.4, 0.5) is 10.3 Å². The van der Waals surface area contributed by atoms with Crippen molar-refractivity contribution in [2.45, 2.75) is 13.3 Å². The lowest BCUT2D eigenvalue weighted by molar-refractivity contribution is 0.242. The highest BCUT2D eigenvalue weighted by Gasteiger charge is 2.25. The topological polar surface area (TPSA) is 35.5 Å². The zero-order valence-corrected chi connectivity index (χ0v) is 12.5. The first kappa shape index (κ1) is 12.8. The molecular formula is C12H17N5S2. The van der Waals surface area contributed by atoms with Crippen molar-refractivity contribution >= 4 is 32.9 Å². The summed E-state index contributed by atoms with van der Waals surface area (Å²) in [6.07, 6.45) is 4.90. The smallest absolute Gasteiger partial charge is 0.187 e. The van der Waals surface area contributed by atoms with Crippen molar-refractivity contribution in [1.82, 2.24) is 14.9 Å². The summed E-state index contributed by atoms with van der Waals surface area (Å²) in [5.41, 5.74) is 0. The molecular weight excluding hydrogens is 278 g/mol. The first-order chi connectivity index (χ1) is 9.36. The molecule has 0 bridgehead atoms. The third-order valence-corrected chi connectivity index (χ3v) is 4.67. The highest BCUT2D eigenvalue weighted by molar-refractivity contribution is 7.14. The molecule has 7 heteroatoms. The maximum atomic E-state index is 4.42. The van der Waals surface area contributed by atoms with Crippen molar-refractivity contribution in [3.05, 3.63) is 23.2 Å². The molecule has 2 aromatic heterocycles. The predicted octanol–water partition coefficient (Wildman–Crippen LogP) is 2.51. The SMILES string of the molecule is CCCN1CN(c2nccs2)CN(c2nccs2)C1. The molecule has 3 rings (SSSR count). The van der Waals surface area contributed by atoms with Crippen molar-refractivity contribution in [2.75, 3.05) is 36.4 Å². The van der Waals surface area contributed by atoms with E-state index in [1.165, 1.54) is 0 Å². The minimum absolute atomic E-state index is 0.862. The Hall–Kier alpha value is -1.18. The Labute approximate surface area is 121 Å². The summed E-state index contributed by atoms with van der Waals surface area (Å²) in [7, 11) is 0. The molecule has 102 valence electrons. The highest BCUT2D eigenvalue weighted by Crippen LogP contribution is 2.25. The minimum atomic E-state index is 0.862. The summed E-state index contributed by atoms with van der Waals surface area (Å²) < 4.78 is 0. The predicted molar refractivity (Wildman–Crippen MR) is 80.8 cm³/mol. The molecule has 2 aromatic rings. The fraction of sp³-hybridized carbons (Fsp3) is 0.500. The van der Waals surface area contributed by atoms with E-state index in [-0.39, 0.29) is 0 Å². The number of hydrogen-bond donors (Lipinski definition) is 0. The lowest BCUT2D eigenvalue weighted by Gasteiger charge is -2.42. The van der Waals surface area contributed by atoms with Crippen molar-refractivity contribution in [3.8, 4) is 0 Å². The number of hydrogen-bond acceptors (Lipinski definition) is 7. The molecule has 19 heavy (non-hydrogen) atoms. The van der Waals surface area contributed by atoms with E-state index >= 15 is 0 Å². The second kappa shape index (κ2) is 5.85. The minimum Gasteiger partial charge on any atom is -0.317 e. The van der Waals surface area contributed by atoms with E-state index in [0.717, 1.165) is 43.2 Å². The Morgan fingerprint density at radius 3 is 2.00 bits per heavy atom. The standard InChI is InChI=1S/C12H17N5S2/c1-2-5-15-8-16(11-13-3-6-18-11)10-17(9-15)12-14-4-7-19-12/h3-4,6-7H,2,5,8-10H2,1H3. The largest absolute Gasteiger partial charge is 0.317 e. The third kappa shape index (κ3) is 2.88. The van der Waals surface area contributed by atoms with Crippen LogP contribution in [0.25, 0.3) is 0 Å². The molecule has 1 saturated heterocycles. The highest BCUT2D eigenvalue weighted by atomic mass is 32.1. The van der Waals surface area contributed by atoms with Gasteiger partial charge in [0.2, 0.25) is 0 Å². The lowest BCUT2D eigenvalue weighted by Crippen LogP contribution is -2.55. The molecule has 0 aromatic carbocycles. The van der Waals surface area contributed by atoms with Crippen LogP contribution in [0.3, 0.4) is 0 Å². The average Bonchev–Trinajstić information content (AvgIpc) is 3.12. The summed E-state index contributed by atoms with van der Waals surface area (Å²) in [6, 6.07) is 0. The molecule has 1 fully saturated rings. The fourth-order valence-corrected chi connectivity index (χ4v) is 3.53. The van der Waals surface area contributed by atoms with E-state index in [2.05, 4.69) is 31.6 Å². The van der Waals surface area contributed by atoms with E-state index in [1.54, 1.807) is 22.7 Å². The second-order valence-electron chi connectivity index (χ2n) is 4.53. The van der Waals surface area contributed by atoms with Gasteiger partial charge in [-0.15, -0.1) is 22.7 Å². The summed E-state index contributed by atoms with van der Waals surface area (Å²) in [5, 5.41) is 6.23. The van der Waals surface area contributed by atoms with Gasteiger partial charge in [-0.3, -0.25) is 4.90 Å². The summed E-state index contributed by atoms with van der Waals surface area (Å²) in [4.78, 5) is 15.9. The molecule has 0 N–H and O–H groups in total. The van der Waals surface area contributed by atoms with Gasteiger partial charge < -0.3 is 9.80 Å². The van der Waals surface area contributed by atoms with Gasteiger partial charge in [0, 0.05) is 29.7 Å². The summed E-state index contributed by atoms with van der Waals surface area (Å²) >= 11 is 3.39. The van der Waals surface area contributed by atoms with E-state index in [1.807, 2.05) is 23.2 Å². The van der Waals surface area contributed by atoms with Crippen LogP contribution in [-0.2, 0) is 0 Å². The molecule has 0 amide bonds. The number of anilines is 2. The van der Waals surface area contributed by atoms with Gasteiger partial charge in [0.15, 0.2) is 10.3 Å². The van der Waals surface area contributed by atoms with Crippen LogP contribution in [0.5, 0.6) is 0 Å². The van der Waals surface area contributed by atoms with Crippen LogP contribution >= 0.6 is 22.7 Å². The van der Waals surface area contributed by atoms with E-state index in [9.17, 15) is 0 Å². The number of rotatable bonds is 4. The van der Waals surface area contributed by atoms with Gasteiger partial charge >= 0.3 is 0 Å². The molecule has 5 nitrogen and oxygen atoms in total. The maximum absolute atomic E-state index is 4.42. The summed E-state index contributed by atoms with van der Waals surface area (Å²) in [5.74, 6) is 0. The average molecular weight is 295 g/mol. The van der Waals surface area contributed by atoms with E-state index < -0.39 is 0 Å². The van der Waals surface area contributed by atoms with E-state index in [4.69, 9.17) is 0 Å². The van der Waals surface area contributed by atoms with E-state index in [0.29, 0.717) is 0 Å². The Kier molecular flexibility index (Phi) is 3.95. The Morgan fingerprint density at radius 2 is 1.58 bits per heavy atom. The number of thiazole rings is 2. The van der Waals surface area contributed by atoms with Gasteiger partial charge in [-0.1, -0.05) is 6.92 Å². The second-order valence-corrected chi connectivity index (χ2v) is 6.27. The molecule has 0 spiro atoms. The Bertz CT molecular complexity index is 442. The van der Waals surface area contributed by atoms with Crippen molar-refractivity contribution < 1.29 is 0 Å². The molecule has 0 saturated carbocycles. The zero-order chi connectivity index (χ0) is 13.1. The van der Waals surface area contributed by atoms with Crippen molar-refractivity contribution in [1.29, 1.82) is 0 Å². The quantitative estimate of drug-likeness (QED) is 0.866. The van der Waals surface area contributed by atoms with Crippen LogP contribution in [0.1, 0.15) is 13.3 Å². The molecule has 1 aliphatic rings. The molecule has 0 unspecified atom stereocenters. The van der Waals surface area contributed by atoms with Crippen LogP contribution < -0.4 is 9.80 Å². The van der Waals surface area contributed by atoms with Crippen molar-refractivity contribution in [2.24, 2.45) is 0 Å². The molecule has 3 heterocycles. The Morgan fingerprint density at radius 1 is 1.00 bits per heavy atom. The molecule has 0 aliphatic carbocycles. The number of aromatic nitrogens is 2. The zero-order valence-electron chi connectivity index (χ0n) is 10.9. The summed E-state index contributed by atoms with van der Waals surface area (Å²) in [6.45, 7) is 6.08. The van der Waals surface area contributed by atoms with Crippen LogP contribution in [0.15, 0.2) is 23.2 Å². The van der Waals surface area contributed by atoms with Gasteiger partial charge in [-0.2, -0.15) is 0 Å². The lowest BCUT2D eigenvalue weighted by atomic mass is 10.4. The number of nitrogens with zero attached hydrogens (tertiary/aromatic N) is 5. The van der Waals surface area contributed by atoms with Gasteiger partial charge in [0.05, 0.1) is 20.0 Å². The van der Waals surface area contributed by atoms with Crippen LogP contribution in [0.2, 0.25) is 0 Å². The first-order valence-corrected chi connectivity index (χ1v) is 8.14. The van der Waals surface area contributed by atoms with Gasteiger partial charge in [0.25, 0.3) is 0 Å². The van der Waals surface area contributed by atoms with Gasteiger partial charge in [0.1, 0.15) is 0 Å². The first-order valence-electron chi connectivity index (χ1n) is 6.38. The third-order valence-electron chi connectivity index (χ3n) is 3.00. The van der Waals surface area contributed by atoms with Crippen LogP contribution in [-0.4, -0.2) is 41.4 Å². The van der Waals surface area contributed by atoms with Gasteiger partial charge in [-0.25, -0.2) is 9.97 Å². The maximum Gasteiger partial charge on any atom is 0.187 e. The van der Waals surface area contributed by atoms with Crippen LogP contribution in [0, 0.1) is 0 Å². The molecule has 0 atom stereocenters. The molecule has 0 radical (unpaired) electrons.